The molecule has 2 nitrogen and oxygen atoms in total. The molecule has 0 spiro atoms. The van der Waals surface area contributed by atoms with E-state index < -0.39 is 0 Å². The lowest BCUT2D eigenvalue weighted by molar-refractivity contribution is 0.407. The van der Waals surface area contributed by atoms with Crippen LogP contribution in [0.1, 0.15) is 18.9 Å². The Bertz CT molecular complexity index is 303. The smallest absolute Gasteiger partial charge is 0.123 e. The first kappa shape index (κ1) is 9.65. The van der Waals surface area contributed by atoms with Crippen molar-refractivity contribution in [3.8, 4) is 11.5 Å². The maximum absolute atomic E-state index is 9.31. The van der Waals surface area contributed by atoms with E-state index in [9.17, 15) is 5.11 Å². The Labute approximate surface area is 78.5 Å². The molecule has 0 saturated heterocycles. The summed E-state index contributed by atoms with van der Waals surface area (Å²) in [5.41, 5.74) is 0.957. The highest BCUT2D eigenvalue weighted by molar-refractivity contribution is 5.54. The van der Waals surface area contributed by atoms with Gasteiger partial charge in [-0.15, -0.1) is 0 Å². The molecule has 0 saturated carbocycles. The van der Waals surface area contributed by atoms with Crippen LogP contribution in [0.4, 0.5) is 0 Å². The summed E-state index contributed by atoms with van der Waals surface area (Å²) < 4.78 is 5.02. The third-order valence-electron chi connectivity index (χ3n) is 1.70. The molecule has 0 amide bonds. The van der Waals surface area contributed by atoms with Gasteiger partial charge in [0.15, 0.2) is 0 Å². The van der Waals surface area contributed by atoms with E-state index >= 15 is 0 Å². The molecule has 1 rings (SSSR count). The lowest BCUT2D eigenvalue weighted by Crippen LogP contribution is -1.83. The second kappa shape index (κ2) is 4.55. The molecule has 0 atom stereocenters. The molecular formula is C11H14O2. The molecule has 0 radical (unpaired) electrons. The van der Waals surface area contributed by atoms with Gasteiger partial charge >= 0.3 is 0 Å². The van der Waals surface area contributed by atoms with E-state index in [0.717, 1.165) is 12.0 Å². The minimum atomic E-state index is 0.232. The van der Waals surface area contributed by atoms with Crippen molar-refractivity contribution < 1.29 is 9.84 Å². The summed E-state index contributed by atoms with van der Waals surface area (Å²) in [6, 6.07) is 5.17. The van der Waals surface area contributed by atoms with Crippen LogP contribution in [-0.2, 0) is 0 Å². The van der Waals surface area contributed by atoms with E-state index in [1.54, 1.807) is 19.2 Å². The van der Waals surface area contributed by atoms with Gasteiger partial charge in [-0.25, -0.2) is 0 Å². The molecule has 1 N–H and O–H groups in total. The average Bonchev–Trinajstić information content (AvgIpc) is 2.14. The Morgan fingerprint density at radius 3 is 2.77 bits per heavy atom. The number of hydrogen-bond acceptors (Lipinski definition) is 2. The largest absolute Gasteiger partial charge is 0.508 e. The van der Waals surface area contributed by atoms with Crippen LogP contribution in [0.2, 0.25) is 0 Å². The first-order chi connectivity index (χ1) is 6.26. The predicted octanol–water partition coefficient (Wildman–Crippen LogP) is 2.82. The molecule has 0 aliphatic carbocycles. The van der Waals surface area contributed by atoms with Gasteiger partial charge < -0.3 is 9.84 Å². The molecule has 1 aromatic rings. The Hall–Kier alpha value is -1.44. The fourth-order valence-corrected chi connectivity index (χ4v) is 1.07. The van der Waals surface area contributed by atoms with Gasteiger partial charge in [-0.3, -0.25) is 0 Å². The van der Waals surface area contributed by atoms with Gasteiger partial charge in [0.2, 0.25) is 0 Å². The van der Waals surface area contributed by atoms with Crippen molar-refractivity contribution in [1.82, 2.24) is 0 Å². The van der Waals surface area contributed by atoms with Crippen molar-refractivity contribution in [3.05, 3.63) is 29.8 Å². The van der Waals surface area contributed by atoms with Crippen LogP contribution in [0.15, 0.2) is 24.3 Å². The van der Waals surface area contributed by atoms with E-state index in [0.29, 0.717) is 5.75 Å². The van der Waals surface area contributed by atoms with Crippen molar-refractivity contribution in [2.24, 2.45) is 0 Å². The molecule has 70 valence electrons. The van der Waals surface area contributed by atoms with Crippen LogP contribution in [0.25, 0.3) is 6.08 Å². The number of allylic oxidation sites excluding steroid dienone is 1. The summed E-state index contributed by atoms with van der Waals surface area (Å²) in [6.45, 7) is 2.07. The molecule has 1 aromatic carbocycles. The van der Waals surface area contributed by atoms with E-state index in [2.05, 4.69) is 6.92 Å². The van der Waals surface area contributed by atoms with Gasteiger partial charge in [0.25, 0.3) is 0 Å². The van der Waals surface area contributed by atoms with Crippen LogP contribution in [0, 0.1) is 0 Å². The van der Waals surface area contributed by atoms with E-state index in [-0.39, 0.29) is 5.75 Å². The maximum atomic E-state index is 9.31. The highest BCUT2D eigenvalue weighted by atomic mass is 16.5. The standard InChI is InChI=1S/C11H14O2/c1-3-4-5-9-6-10(12)8-11(7-9)13-2/h4-8,12H,3H2,1-2H3/b5-4-. The Kier molecular flexibility index (Phi) is 3.38. The molecule has 0 heterocycles. The summed E-state index contributed by atoms with van der Waals surface area (Å²) in [5.74, 6) is 0.908. The Morgan fingerprint density at radius 1 is 1.38 bits per heavy atom. The minimum Gasteiger partial charge on any atom is -0.508 e. The van der Waals surface area contributed by atoms with Crippen molar-refractivity contribution >= 4 is 6.08 Å². The zero-order chi connectivity index (χ0) is 9.68. The van der Waals surface area contributed by atoms with E-state index in [1.165, 1.54) is 0 Å². The zero-order valence-electron chi connectivity index (χ0n) is 7.95. The zero-order valence-corrected chi connectivity index (χ0v) is 7.95. The average molecular weight is 178 g/mol. The SMILES string of the molecule is CC/C=C\c1cc(O)cc(OC)c1. The fraction of sp³-hybridized carbons (Fsp3) is 0.273. The summed E-state index contributed by atoms with van der Waals surface area (Å²) in [4.78, 5) is 0. The summed E-state index contributed by atoms with van der Waals surface area (Å²) >= 11 is 0. The quantitative estimate of drug-likeness (QED) is 0.771. The normalized spacial score (nSPS) is 10.6. The van der Waals surface area contributed by atoms with E-state index in [1.807, 2.05) is 18.2 Å². The lowest BCUT2D eigenvalue weighted by Gasteiger charge is -2.02. The number of phenols is 1. The van der Waals surface area contributed by atoms with Crippen LogP contribution < -0.4 is 4.74 Å². The van der Waals surface area contributed by atoms with Gasteiger partial charge in [-0.05, 0) is 24.1 Å². The first-order valence-corrected chi connectivity index (χ1v) is 4.31. The summed E-state index contributed by atoms with van der Waals surface area (Å²) in [6.07, 6.45) is 4.98. The van der Waals surface area contributed by atoms with Gasteiger partial charge in [0, 0.05) is 6.07 Å². The third-order valence-corrected chi connectivity index (χ3v) is 1.70. The number of methoxy groups -OCH3 is 1. The molecule has 0 fully saturated rings. The number of benzene rings is 1. The highest BCUT2D eigenvalue weighted by Gasteiger charge is 1.96. The number of ether oxygens (including phenoxy) is 1. The number of aromatic hydroxyl groups is 1. The molecule has 0 aliphatic heterocycles. The number of rotatable bonds is 3. The second-order valence-corrected chi connectivity index (χ2v) is 2.77. The van der Waals surface area contributed by atoms with Crippen LogP contribution >= 0.6 is 0 Å². The van der Waals surface area contributed by atoms with Crippen LogP contribution in [0.5, 0.6) is 11.5 Å². The summed E-state index contributed by atoms with van der Waals surface area (Å²) in [7, 11) is 1.59. The monoisotopic (exact) mass is 178 g/mol. The molecule has 0 unspecified atom stereocenters. The van der Waals surface area contributed by atoms with Crippen molar-refractivity contribution in [3.63, 3.8) is 0 Å². The third kappa shape index (κ3) is 2.82. The number of hydrogen-bond donors (Lipinski definition) is 1. The van der Waals surface area contributed by atoms with Gasteiger partial charge in [0.1, 0.15) is 11.5 Å². The molecular weight excluding hydrogens is 164 g/mol. The highest BCUT2D eigenvalue weighted by Crippen LogP contribution is 2.22. The summed E-state index contributed by atoms with van der Waals surface area (Å²) in [5, 5.41) is 9.31. The van der Waals surface area contributed by atoms with Crippen molar-refractivity contribution in [2.45, 2.75) is 13.3 Å². The van der Waals surface area contributed by atoms with Crippen molar-refractivity contribution in [2.75, 3.05) is 7.11 Å². The molecule has 2 heteroatoms. The van der Waals surface area contributed by atoms with Gasteiger partial charge in [0.05, 0.1) is 7.11 Å². The maximum Gasteiger partial charge on any atom is 0.123 e. The van der Waals surface area contributed by atoms with Crippen LogP contribution in [-0.4, -0.2) is 12.2 Å². The molecule has 0 aromatic heterocycles. The Morgan fingerprint density at radius 2 is 2.15 bits per heavy atom. The minimum absolute atomic E-state index is 0.232. The topological polar surface area (TPSA) is 29.5 Å². The second-order valence-electron chi connectivity index (χ2n) is 2.77. The first-order valence-electron chi connectivity index (χ1n) is 4.31. The lowest BCUT2D eigenvalue weighted by atomic mass is 10.2. The van der Waals surface area contributed by atoms with Gasteiger partial charge in [-0.1, -0.05) is 19.1 Å². The fourth-order valence-electron chi connectivity index (χ4n) is 1.07. The van der Waals surface area contributed by atoms with Crippen LogP contribution in [0.3, 0.4) is 0 Å². The van der Waals surface area contributed by atoms with Gasteiger partial charge in [-0.2, -0.15) is 0 Å². The van der Waals surface area contributed by atoms with Crippen molar-refractivity contribution in [1.29, 1.82) is 0 Å². The van der Waals surface area contributed by atoms with E-state index in [4.69, 9.17) is 4.74 Å². The molecule has 0 bridgehead atoms. The predicted molar refractivity (Wildman–Crippen MR) is 54.0 cm³/mol. The number of phenolic OH excluding ortho intramolecular Hbond substituents is 1. The molecule has 13 heavy (non-hydrogen) atoms. The molecule has 0 aliphatic rings. The Balaban J connectivity index is 2.94.